The average molecular weight is 215 g/mol. The van der Waals surface area contributed by atoms with E-state index in [2.05, 4.69) is 5.32 Å². The lowest BCUT2D eigenvalue weighted by atomic mass is 10.2. The first-order chi connectivity index (χ1) is 7.09. The molecule has 0 radical (unpaired) electrons. The summed E-state index contributed by atoms with van der Waals surface area (Å²) >= 11 is 0. The van der Waals surface area contributed by atoms with Crippen LogP contribution in [0.2, 0.25) is 0 Å². The highest BCUT2D eigenvalue weighted by Crippen LogP contribution is 2.08. The SMILES string of the molecule is O=C(O)CCNCc1ccc(F)cc1F. The van der Waals surface area contributed by atoms with Gasteiger partial charge in [0.15, 0.2) is 0 Å². The van der Waals surface area contributed by atoms with Gasteiger partial charge in [0.05, 0.1) is 6.42 Å². The Hall–Kier alpha value is -1.49. The molecule has 0 aliphatic heterocycles. The lowest BCUT2D eigenvalue weighted by Gasteiger charge is -2.04. The van der Waals surface area contributed by atoms with E-state index >= 15 is 0 Å². The predicted molar refractivity (Wildman–Crippen MR) is 50.3 cm³/mol. The summed E-state index contributed by atoms with van der Waals surface area (Å²) in [7, 11) is 0. The average Bonchev–Trinajstić information content (AvgIpc) is 2.14. The van der Waals surface area contributed by atoms with Crippen LogP contribution in [0.25, 0.3) is 0 Å². The van der Waals surface area contributed by atoms with Crippen molar-refractivity contribution in [2.45, 2.75) is 13.0 Å². The maximum Gasteiger partial charge on any atom is 0.304 e. The second-order valence-electron chi connectivity index (χ2n) is 3.06. The molecule has 0 fully saturated rings. The van der Waals surface area contributed by atoms with Crippen molar-refractivity contribution >= 4 is 5.97 Å². The molecule has 82 valence electrons. The van der Waals surface area contributed by atoms with Gasteiger partial charge in [0.2, 0.25) is 0 Å². The summed E-state index contributed by atoms with van der Waals surface area (Å²) in [6.45, 7) is 0.450. The van der Waals surface area contributed by atoms with Crippen molar-refractivity contribution in [1.29, 1.82) is 0 Å². The number of benzene rings is 1. The number of carboxylic acids is 1. The van der Waals surface area contributed by atoms with Crippen molar-refractivity contribution in [2.75, 3.05) is 6.54 Å². The van der Waals surface area contributed by atoms with Crippen LogP contribution in [0.15, 0.2) is 18.2 Å². The third kappa shape index (κ3) is 4.03. The molecular weight excluding hydrogens is 204 g/mol. The number of carbonyl (C=O) groups is 1. The van der Waals surface area contributed by atoms with E-state index < -0.39 is 17.6 Å². The first-order valence-corrected chi connectivity index (χ1v) is 4.46. The molecule has 0 heterocycles. The molecule has 0 atom stereocenters. The minimum absolute atomic E-state index is 0.0250. The lowest BCUT2D eigenvalue weighted by Crippen LogP contribution is -2.18. The molecule has 1 aromatic carbocycles. The molecule has 2 N–H and O–H groups in total. The van der Waals surface area contributed by atoms with Crippen LogP contribution in [0.5, 0.6) is 0 Å². The summed E-state index contributed by atoms with van der Waals surface area (Å²) in [5.41, 5.74) is 0.321. The number of carboxylic acid groups (broad SMARTS) is 1. The van der Waals surface area contributed by atoms with Crippen LogP contribution in [0.1, 0.15) is 12.0 Å². The Morgan fingerprint density at radius 1 is 1.40 bits per heavy atom. The smallest absolute Gasteiger partial charge is 0.304 e. The molecule has 15 heavy (non-hydrogen) atoms. The highest BCUT2D eigenvalue weighted by Gasteiger charge is 2.03. The van der Waals surface area contributed by atoms with Crippen LogP contribution in [0.4, 0.5) is 8.78 Å². The summed E-state index contributed by atoms with van der Waals surface area (Å²) < 4.78 is 25.5. The fourth-order valence-corrected chi connectivity index (χ4v) is 1.08. The number of aliphatic carboxylic acids is 1. The standard InChI is InChI=1S/C10H11F2NO2/c11-8-2-1-7(9(12)5-8)6-13-4-3-10(14)15/h1-2,5,13H,3-4,6H2,(H,14,15). The Labute approximate surface area is 85.7 Å². The van der Waals surface area contributed by atoms with Crippen molar-refractivity contribution in [2.24, 2.45) is 0 Å². The van der Waals surface area contributed by atoms with Crippen LogP contribution in [0.3, 0.4) is 0 Å². The predicted octanol–water partition coefficient (Wildman–Crippen LogP) is 1.53. The largest absolute Gasteiger partial charge is 0.481 e. The van der Waals surface area contributed by atoms with Crippen molar-refractivity contribution in [3.63, 3.8) is 0 Å². The van der Waals surface area contributed by atoms with Crippen LogP contribution >= 0.6 is 0 Å². The van der Waals surface area contributed by atoms with Crippen LogP contribution < -0.4 is 5.32 Å². The van der Waals surface area contributed by atoms with Gasteiger partial charge in [-0.1, -0.05) is 6.07 Å². The Morgan fingerprint density at radius 2 is 2.13 bits per heavy atom. The van der Waals surface area contributed by atoms with Crippen LogP contribution in [0, 0.1) is 11.6 Å². The number of hydrogen-bond acceptors (Lipinski definition) is 2. The van der Waals surface area contributed by atoms with Gasteiger partial charge in [-0.25, -0.2) is 8.78 Å². The molecule has 0 aliphatic rings. The summed E-state index contributed by atoms with van der Waals surface area (Å²) in [6.07, 6.45) is -0.0250. The van der Waals surface area contributed by atoms with E-state index in [1.807, 2.05) is 0 Å². The number of nitrogens with one attached hydrogen (secondary N) is 1. The van der Waals surface area contributed by atoms with E-state index in [0.29, 0.717) is 5.56 Å². The fraction of sp³-hybridized carbons (Fsp3) is 0.300. The lowest BCUT2D eigenvalue weighted by molar-refractivity contribution is -0.136. The molecule has 1 aromatic rings. The zero-order chi connectivity index (χ0) is 11.3. The summed E-state index contributed by atoms with van der Waals surface area (Å²) in [5, 5.41) is 11.1. The molecular formula is C10H11F2NO2. The van der Waals surface area contributed by atoms with Crippen molar-refractivity contribution in [3.8, 4) is 0 Å². The van der Waals surface area contributed by atoms with Gasteiger partial charge in [0, 0.05) is 24.7 Å². The molecule has 0 unspecified atom stereocenters. The minimum Gasteiger partial charge on any atom is -0.481 e. The first-order valence-electron chi connectivity index (χ1n) is 4.46. The van der Waals surface area contributed by atoms with E-state index in [9.17, 15) is 13.6 Å². The molecule has 1 rings (SSSR count). The monoisotopic (exact) mass is 215 g/mol. The molecule has 0 amide bonds. The molecule has 0 saturated carbocycles. The van der Waals surface area contributed by atoms with Gasteiger partial charge in [-0.3, -0.25) is 4.79 Å². The first kappa shape index (κ1) is 11.6. The van der Waals surface area contributed by atoms with Gasteiger partial charge in [0.25, 0.3) is 0 Å². The van der Waals surface area contributed by atoms with Crippen molar-refractivity contribution in [3.05, 3.63) is 35.4 Å². The molecule has 0 bridgehead atoms. The van der Waals surface area contributed by atoms with E-state index in [-0.39, 0.29) is 19.5 Å². The molecule has 0 aliphatic carbocycles. The van der Waals surface area contributed by atoms with Gasteiger partial charge < -0.3 is 10.4 Å². The number of rotatable bonds is 5. The highest BCUT2D eigenvalue weighted by molar-refractivity contribution is 5.66. The molecule has 0 spiro atoms. The maximum absolute atomic E-state index is 13.0. The van der Waals surface area contributed by atoms with Gasteiger partial charge >= 0.3 is 5.97 Å². The van der Waals surface area contributed by atoms with Crippen molar-refractivity contribution in [1.82, 2.24) is 5.32 Å². The van der Waals surface area contributed by atoms with Gasteiger partial charge in [0.1, 0.15) is 11.6 Å². The number of hydrogen-bond donors (Lipinski definition) is 2. The summed E-state index contributed by atoms with van der Waals surface area (Å²) in [5.74, 6) is -2.17. The molecule has 0 aromatic heterocycles. The second kappa shape index (κ2) is 5.41. The highest BCUT2D eigenvalue weighted by atomic mass is 19.1. The van der Waals surface area contributed by atoms with Crippen LogP contribution in [-0.4, -0.2) is 17.6 Å². The van der Waals surface area contributed by atoms with Gasteiger partial charge in [-0.2, -0.15) is 0 Å². The van der Waals surface area contributed by atoms with Gasteiger partial charge in [-0.05, 0) is 6.07 Å². The van der Waals surface area contributed by atoms with E-state index in [4.69, 9.17) is 5.11 Å². The van der Waals surface area contributed by atoms with Crippen molar-refractivity contribution < 1.29 is 18.7 Å². The third-order valence-electron chi connectivity index (χ3n) is 1.85. The zero-order valence-electron chi connectivity index (χ0n) is 7.96. The zero-order valence-corrected chi connectivity index (χ0v) is 7.96. The Balaban J connectivity index is 2.40. The second-order valence-corrected chi connectivity index (χ2v) is 3.06. The molecule has 5 heteroatoms. The Morgan fingerprint density at radius 3 is 2.73 bits per heavy atom. The Kier molecular flexibility index (Phi) is 4.17. The topological polar surface area (TPSA) is 49.3 Å². The minimum atomic E-state index is -0.915. The Bertz CT molecular complexity index is 355. The fourth-order valence-electron chi connectivity index (χ4n) is 1.08. The number of halogens is 2. The maximum atomic E-state index is 13.0. The summed E-state index contributed by atoms with van der Waals surface area (Å²) in [4.78, 5) is 10.2. The van der Waals surface area contributed by atoms with E-state index in [0.717, 1.165) is 12.1 Å². The quantitative estimate of drug-likeness (QED) is 0.732. The van der Waals surface area contributed by atoms with Crippen LogP contribution in [-0.2, 0) is 11.3 Å². The molecule has 3 nitrogen and oxygen atoms in total. The van der Waals surface area contributed by atoms with E-state index in [1.54, 1.807) is 0 Å². The van der Waals surface area contributed by atoms with Gasteiger partial charge in [-0.15, -0.1) is 0 Å². The van der Waals surface area contributed by atoms with E-state index in [1.165, 1.54) is 6.07 Å². The third-order valence-corrected chi connectivity index (χ3v) is 1.85. The summed E-state index contributed by atoms with van der Waals surface area (Å²) in [6, 6.07) is 3.30. The molecule has 0 saturated heterocycles. The normalized spacial score (nSPS) is 10.3.